The second-order valence-electron chi connectivity index (χ2n) is 4.56. The summed E-state index contributed by atoms with van der Waals surface area (Å²) >= 11 is 1.26. The number of nitrogens with one attached hydrogen (secondary N) is 2. The Kier molecular flexibility index (Phi) is 3.50. The van der Waals surface area contributed by atoms with Gasteiger partial charge in [-0.25, -0.2) is 4.39 Å². The Morgan fingerprint density at radius 2 is 2.19 bits per heavy atom. The second-order valence-corrected chi connectivity index (χ2v) is 5.44. The van der Waals surface area contributed by atoms with Crippen molar-refractivity contribution in [2.24, 2.45) is 0 Å². The predicted octanol–water partition coefficient (Wildman–Crippen LogP) is 3.31. The van der Waals surface area contributed by atoms with E-state index in [9.17, 15) is 9.18 Å². The summed E-state index contributed by atoms with van der Waals surface area (Å²) < 4.78 is 16.6. The number of amides is 1. The molecule has 1 amide bonds. The first-order chi connectivity index (χ1) is 10.2. The van der Waals surface area contributed by atoms with Crippen LogP contribution in [0.4, 0.5) is 15.8 Å². The summed E-state index contributed by atoms with van der Waals surface area (Å²) in [5, 5.41) is 11.6. The number of nitriles is 1. The molecule has 0 bridgehead atoms. The summed E-state index contributed by atoms with van der Waals surface area (Å²) in [6.45, 7) is 0. The van der Waals surface area contributed by atoms with Crippen LogP contribution in [0, 0.1) is 17.1 Å². The summed E-state index contributed by atoms with van der Waals surface area (Å²) in [6, 6.07) is 11.8. The van der Waals surface area contributed by atoms with Gasteiger partial charge in [-0.2, -0.15) is 5.26 Å². The highest BCUT2D eigenvalue weighted by Gasteiger charge is 2.22. The lowest BCUT2D eigenvalue weighted by molar-refractivity contribution is -0.115. The second kappa shape index (κ2) is 5.46. The van der Waals surface area contributed by atoms with Crippen LogP contribution in [0.5, 0.6) is 0 Å². The molecule has 21 heavy (non-hydrogen) atoms. The first-order valence-corrected chi connectivity index (χ1v) is 7.02. The maximum atomic E-state index is 13.6. The Morgan fingerprint density at radius 1 is 1.33 bits per heavy atom. The number of hydrogen-bond acceptors (Lipinski definition) is 4. The molecule has 3 rings (SSSR count). The maximum Gasteiger partial charge on any atom is 0.228 e. The van der Waals surface area contributed by atoms with Gasteiger partial charge in [0.2, 0.25) is 5.91 Å². The third-order valence-corrected chi connectivity index (χ3v) is 3.85. The molecule has 0 spiro atoms. The van der Waals surface area contributed by atoms with Gasteiger partial charge in [-0.15, -0.1) is 0 Å². The largest absolute Gasteiger partial charge is 0.324 e. The molecule has 0 saturated heterocycles. The molecular formula is C15H10FN3OS. The van der Waals surface area contributed by atoms with Crippen molar-refractivity contribution in [3.05, 3.63) is 53.3 Å². The van der Waals surface area contributed by atoms with Crippen LogP contribution in [0.2, 0.25) is 0 Å². The van der Waals surface area contributed by atoms with E-state index < -0.39 is 0 Å². The minimum atomic E-state index is -0.390. The Balaban J connectivity index is 1.83. The highest BCUT2D eigenvalue weighted by atomic mass is 32.2. The van der Waals surface area contributed by atoms with Crippen LogP contribution in [0.3, 0.4) is 0 Å². The molecule has 2 aromatic carbocycles. The first kappa shape index (κ1) is 13.5. The van der Waals surface area contributed by atoms with Crippen LogP contribution in [0.15, 0.2) is 41.3 Å². The fourth-order valence-electron chi connectivity index (χ4n) is 2.13. The van der Waals surface area contributed by atoms with E-state index in [1.807, 2.05) is 6.07 Å². The number of halogens is 1. The number of carbonyl (C=O) groups is 1. The minimum Gasteiger partial charge on any atom is -0.324 e. The van der Waals surface area contributed by atoms with Crippen molar-refractivity contribution in [3.63, 3.8) is 0 Å². The number of carbonyl (C=O) groups excluding carboxylic acids is 1. The smallest absolute Gasteiger partial charge is 0.228 e. The number of anilines is 2. The summed E-state index contributed by atoms with van der Waals surface area (Å²) in [6.07, 6.45) is 0.191. The summed E-state index contributed by atoms with van der Waals surface area (Å²) in [4.78, 5) is 12.2. The van der Waals surface area contributed by atoms with Crippen molar-refractivity contribution in [2.75, 3.05) is 10.0 Å². The van der Waals surface area contributed by atoms with Crippen LogP contribution in [-0.2, 0) is 11.2 Å². The first-order valence-electron chi connectivity index (χ1n) is 6.21. The van der Waals surface area contributed by atoms with Crippen LogP contribution in [-0.4, -0.2) is 5.91 Å². The van der Waals surface area contributed by atoms with E-state index in [1.54, 1.807) is 18.2 Å². The van der Waals surface area contributed by atoms with Gasteiger partial charge in [0.25, 0.3) is 0 Å². The molecule has 2 N–H and O–H groups in total. The third kappa shape index (κ3) is 2.83. The molecule has 2 aromatic rings. The molecule has 1 aliphatic heterocycles. The highest BCUT2D eigenvalue weighted by molar-refractivity contribution is 8.00. The fraction of sp³-hybridized carbons (Fsp3) is 0.0667. The number of fused-ring (bicyclic) bond motifs is 1. The number of benzene rings is 2. The summed E-state index contributed by atoms with van der Waals surface area (Å²) in [7, 11) is 0. The number of hydrogen-bond donors (Lipinski definition) is 2. The van der Waals surface area contributed by atoms with E-state index in [1.165, 1.54) is 24.1 Å². The molecular weight excluding hydrogens is 289 g/mol. The van der Waals surface area contributed by atoms with Crippen molar-refractivity contribution in [2.45, 2.75) is 11.3 Å². The zero-order chi connectivity index (χ0) is 14.8. The van der Waals surface area contributed by atoms with E-state index in [2.05, 4.69) is 16.1 Å². The Hall–Kier alpha value is -2.52. The van der Waals surface area contributed by atoms with Gasteiger partial charge in [0.1, 0.15) is 5.82 Å². The Labute approximate surface area is 125 Å². The summed E-state index contributed by atoms with van der Waals surface area (Å²) in [5.41, 5.74) is 2.34. The van der Waals surface area contributed by atoms with Crippen molar-refractivity contribution in [1.82, 2.24) is 0 Å². The molecule has 0 unspecified atom stereocenters. The lowest BCUT2D eigenvalue weighted by atomic mass is 10.1. The van der Waals surface area contributed by atoms with E-state index in [0.29, 0.717) is 22.5 Å². The topological polar surface area (TPSA) is 64.9 Å². The zero-order valence-electron chi connectivity index (χ0n) is 10.8. The van der Waals surface area contributed by atoms with E-state index in [-0.39, 0.29) is 18.1 Å². The van der Waals surface area contributed by atoms with Crippen molar-refractivity contribution >= 4 is 29.2 Å². The average molecular weight is 299 g/mol. The Morgan fingerprint density at radius 3 is 3.00 bits per heavy atom. The van der Waals surface area contributed by atoms with Crippen molar-refractivity contribution in [3.8, 4) is 6.07 Å². The fourth-order valence-corrected chi connectivity index (χ4v) is 2.85. The SMILES string of the molecule is N#Cc1cccc(SNc2cc(F)cc3c2NC(=O)C3)c1. The minimum absolute atomic E-state index is 0.143. The lowest BCUT2D eigenvalue weighted by Crippen LogP contribution is -2.04. The van der Waals surface area contributed by atoms with Gasteiger partial charge >= 0.3 is 0 Å². The molecule has 0 aromatic heterocycles. The third-order valence-electron chi connectivity index (χ3n) is 3.04. The monoisotopic (exact) mass is 299 g/mol. The molecule has 104 valence electrons. The van der Waals surface area contributed by atoms with E-state index in [0.717, 1.165) is 4.90 Å². The quantitative estimate of drug-likeness (QED) is 0.853. The standard InChI is InChI=1S/C15H10FN3OS/c16-11-5-10-6-14(20)18-15(10)13(7-11)19-21-12-3-1-2-9(4-12)8-17/h1-5,7,19H,6H2,(H,18,20). The van der Waals surface area contributed by atoms with Gasteiger partial charge in [-0.3, -0.25) is 4.79 Å². The van der Waals surface area contributed by atoms with Crippen LogP contribution in [0.1, 0.15) is 11.1 Å². The van der Waals surface area contributed by atoms with Crippen molar-refractivity contribution < 1.29 is 9.18 Å². The van der Waals surface area contributed by atoms with Gasteiger partial charge in [0, 0.05) is 4.90 Å². The zero-order valence-corrected chi connectivity index (χ0v) is 11.6. The van der Waals surface area contributed by atoms with Crippen LogP contribution >= 0.6 is 11.9 Å². The van der Waals surface area contributed by atoms with Crippen LogP contribution in [0.25, 0.3) is 0 Å². The predicted molar refractivity (Wildman–Crippen MR) is 79.4 cm³/mol. The molecule has 6 heteroatoms. The van der Waals surface area contributed by atoms with E-state index >= 15 is 0 Å². The normalized spacial score (nSPS) is 12.5. The van der Waals surface area contributed by atoms with Gasteiger partial charge in [0.15, 0.2) is 0 Å². The maximum absolute atomic E-state index is 13.6. The van der Waals surface area contributed by atoms with Crippen molar-refractivity contribution in [1.29, 1.82) is 5.26 Å². The molecule has 4 nitrogen and oxygen atoms in total. The van der Waals surface area contributed by atoms with Gasteiger partial charge in [-0.05, 0) is 47.8 Å². The highest BCUT2D eigenvalue weighted by Crippen LogP contribution is 2.35. The summed E-state index contributed by atoms with van der Waals surface area (Å²) in [5.74, 6) is -0.533. The Bertz CT molecular complexity index is 770. The molecule has 0 aliphatic carbocycles. The molecule has 1 aliphatic rings. The number of rotatable bonds is 3. The van der Waals surface area contributed by atoms with Gasteiger partial charge < -0.3 is 10.0 Å². The van der Waals surface area contributed by atoms with Gasteiger partial charge in [0.05, 0.1) is 29.4 Å². The average Bonchev–Trinajstić information content (AvgIpc) is 2.85. The molecule has 0 radical (unpaired) electrons. The lowest BCUT2D eigenvalue weighted by Gasteiger charge is -2.10. The van der Waals surface area contributed by atoms with Gasteiger partial charge in [-0.1, -0.05) is 6.07 Å². The molecule has 0 atom stereocenters. The molecule has 0 saturated carbocycles. The van der Waals surface area contributed by atoms with Crippen LogP contribution < -0.4 is 10.0 Å². The van der Waals surface area contributed by atoms with E-state index in [4.69, 9.17) is 5.26 Å². The number of nitrogens with zero attached hydrogens (tertiary/aromatic N) is 1. The molecule has 1 heterocycles. The molecule has 0 fully saturated rings.